The third-order valence-electron chi connectivity index (χ3n) is 5.69. The number of fused-ring (bicyclic) bond motifs is 1. The summed E-state index contributed by atoms with van der Waals surface area (Å²) in [5.41, 5.74) is 2.37. The van der Waals surface area contributed by atoms with Crippen LogP contribution in [0.4, 0.5) is 5.82 Å². The molecule has 4 aromatic rings. The van der Waals surface area contributed by atoms with E-state index in [0.717, 1.165) is 28.2 Å². The first-order chi connectivity index (χ1) is 14.4. The van der Waals surface area contributed by atoms with E-state index in [4.69, 9.17) is 16.6 Å². The molecule has 5 rings (SSSR count). The highest BCUT2D eigenvalue weighted by Crippen LogP contribution is 2.36. The minimum atomic E-state index is -1.03. The summed E-state index contributed by atoms with van der Waals surface area (Å²) in [6.45, 7) is 2.89. The van der Waals surface area contributed by atoms with Crippen LogP contribution in [-0.4, -0.2) is 42.7 Å². The highest BCUT2D eigenvalue weighted by atomic mass is 35.5. The minimum absolute atomic E-state index is 0.403. The van der Waals surface area contributed by atoms with E-state index in [1.807, 2.05) is 48.9 Å². The molecule has 0 bridgehead atoms. The zero-order valence-electron chi connectivity index (χ0n) is 16.7. The Morgan fingerprint density at radius 3 is 2.77 bits per heavy atom. The molecule has 1 atom stereocenters. The van der Waals surface area contributed by atoms with Gasteiger partial charge in [-0.15, -0.1) is 0 Å². The molecule has 152 valence electrons. The summed E-state index contributed by atoms with van der Waals surface area (Å²) in [6, 6.07) is 11.7. The monoisotopic (exact) mass is 420 g/mol. The van der Waals surface area contributed by atoms with E-state index in [1.54, 1.807) is 18.5 Å². The molecule has 1 aliphatic rings. The van der Waals surface area contributed by atoms with Gasteiger partial charge in [-0.25, -0.2) is 19.9 Å². The van der Waals surface area contributed by atoms with Gasteiger partial charge in [-0.05, 0) is 31.2 Å². The predicted octanol–water partition coefficient (Wildman–Crippen LogP) is 3.49. The highest BCUT2D eigenvalue weighted by Gasteiger charge is 2.39. The lowest BCUT2D eigenvalue weighted by atomic mass is 9.99. The van der Waals surface area contributed by atoms with Gasteiger partial charge < -0.3 is 14.6 Å². The van der Waals surface area contributed by atoms with Crippen LogP contribution in [0.3, 0.4) is 0 Å². The Balaban J connectivity index is 1.50. The summed E-state index contributed by atoms with van der Waals surface area (Å²) in [7, 11) is 1.98. The summed E-state index contributed by atoms with van der Waals surface area (Å²) in [5.74, 6) is 2.18. The van der Waals surface area contributed by atoms with E-state index in [2.05, 4.69) is 19.9 Å². The number of hydrogen-bond donors (Lipinski definition) is 1. The number of anilines is 1. The zero-order valence-corrected chi connectivity index (χ0v) is 17.5. The molecule has 1 aromatic carbocycles. The first kappa shape index (κ1) is 19.0. The number of nitrogens with zero attached hydrogens (tertiary/aromatic N) is 6. The molecule has 1 N–H and O–H groups in total. The van der Waals surface area contributed by atoms with E-state index < -0.39 is 5.60 Å². The predicted molar refractivity (Wildman–Crippen MR) is 116 cm³/mol. The number of aromatic nitrogens is 5. The Morgan fingerprint density at radius 1 is 1.13 bits per heavy atom. The Kier molecular flexibility index (Phi) is 4.45. The lowest BCUT2D eigenvalue weighted by Crippen LogP contribution is -2.32. The molecule has 1 aliphatic heterocycles. The van der Waals surface area contributed by atoms with Crippen LogP contribution in [0.1, 0.15) is 17.9 Å². The summed E-state index contributed by atoms with van der Waals surface area (Å²) < 4.78 is 2.03. The number of imidazole rings is 1. The van der Waals surface area contributed by atoms with Gasteiger partial charge in [0.1, 0.15) is 23.1 Å². The summed E-state index contributed by atoms with van der Waals surface area (Å²) >= 11 is 6.51. The summed E-state index contributed by atoms with van der Waals surface area (Å²) in [6.07, 6.45) is 3.90. The smallest absolute Gasteiger partial charge is 0.142 e. The molecule has 7 nitrogen and oxygen atoms in total. The normalized spacial score (nSPS) is 19.0. The van der Waals surface area contributed by atoms with Gasteiger partial charge in [-0.3, -0.25) is 0 Å². The third-order valence-corrected chi connectivity index (χ3v) is 5.99. The maximum Gasteiger partial charge on any atom is 0.142 e. The fraction of sp³-hybridized carbons (Fsp3) is 0.273. The number of pyridine rings is 1. The molecule has 0 aliphatic carbocycles. The molecular weight excluding hydrogens is 400 g/mol. The number of para-hydroxylation sites is 2. The van der Waals surface area contributed by atoms with E-state index in [1.165, 1.54) is 0 Å². The number of aliphatic hydroxyl groups is 1. The molecule has 3 aromatic heterocycles. The Labute approximate surface area is 179 Å². The van der Waals surface area contributed by atoms with Gasteiger partial charge in [0.25, 0.3) is 0 Å². The van der Waals surface area contributed by atoms with Crippen molar-refractivity contribution in [2.45, 2.75) is 18.9 Å². The average molecular weight is 421 g/mol. The standard InChI is InChI=1S/C22H21ClN6O/c1-14-24-9-7-19(26-14)22(30)8-10-29(13-22)20-11-15(16(23)12-25-20)21-27-17-5-3-4-6-18(17)28(21)2/h3-7,9,11-12,30H,8,10,13H2,1-2H3. The van der Waals surface area contributed by atoms with Crippen molar-refractivity contribution in [1.82, 2.24) is 24.5 Å². The Bertz CT molecular complexity index is 1260. The lowest BCUT2D eigenvalue weighted by Gasteiger charge is -2.24. The van der Waals surface area contributed by atoms with E-state index in [0.29, 0.717) is 36.1 Å². The zero-order chi connectivity index (χ0) is 20.9. The third kappa shape index (κ3) is 3.11. The van der Waals surface area contributed by atoms with Crippen LogP contribution in [0, 0.1) is 6.92 Å². The van der Waals surface area contributed by atoms with Crippen molar-refractivity contribution in [3.8, 4) is 11.4 Å². The molecular formula is C22H21ClN6O. The van der Waals surface area contributed by atoms with Gasteiger partial charge in [0.05, 0.1) is 28.3 Å². The molecule has 0 amide bonds. The van der Waals surface area contributed by atoms with Crippen molar-refractivity contribution in [1.29, 1.82) is 0 Å². The molecule has 1 fully saturated rings. The molecule has 30 heavy (non-hydrogen) atoms. The van der Waals surface area contributed by atoms with Crippen molar-refractivity contribution in [2.24, 2.45) is 7.05 Å². The summed E-state index contributed by atoms with van der Waals surface area (Å²) in [5, 5.41) is 11.7. The van der Waals surface area contributed by atoms with Crippen LogP contribution in [0.5, 0.6) is 0 Å². The van der Waals surface area contributed by atoms with Gasteiger partial charge in [0.2, 0.25) is 0 Å². The van der Waals surface area contributed by atoms with Crippen molar-refractivity contribution in [3.05, 3.63) is 65.3 Å². The number of aryl methyl sites for hydroxylation is 2. The first-order valence-electron chi connectivity index (χ1n) is 9.79. The van der Waals surface area contributed by atoms with Gasteiger partial charge in [0.15, 0.2) is 0 Å². The molecule has 0 spiro atoms. The number of β-amino-alcohol motifs (C(OH)–C–C–N with tert-alkyl or cyclic N) is 1. The largest absolute Gasteiger partial charge is 0.382 e. The second-order valence-electron chi connectivity index (χ2n) is 7.70. The van der Waals surface area contributed by atoms with Crippen LogP contribution < -0.4 is 4.90 Å². The van der Waals surface area contributed by atoms with E-state index in [-0.39, 0.29) is 0 Å². The number of benzene rings is 1. The quantitative estimate of drug-likeness (QED) is 0.546. The van der Waals surface area contributed by atoms with Gasteiger partial charge >= 0.3 is 0 Å². The van der Waals surface area contributed by atoms with Crippen molar-refractivity contribution in [3.63, 3.8) is 0 Å². The first-order valence-corrected chi connectivity index (χ1v) is 10.2. The Hall–Kier alpha value is -3.03. The maximum absolute atomic E-state index is 11.2. The van der Waals surface area contributed by atoms with Crippen molar-refractivity contribution >= 4 is 28.5 Å². The molecule has 1 saturated heterocycles. The molecule has 4 heterocycles. The lowest BCUT2D eigenvalue weighted by molar-refractivity contribution is 0.0557. The maximum atomic E-state index is 11.2. The van der Waals surface area contributed by atoms with Gasteiger partial charge in [0, 0.05) is 38.0 Å². The fourth-order valence-corrected chi connectivity index (χ4v) is 4.26. The number of hydrogen-bond acceptors (Lipinski definition) is 6. The fourth-order valence-electron chi connectivity index (χ4n) is 4.07. The highest BCUT2D eigenvalue weighted by molar-refractivity contribution is 6.33. The minimum Gasteiger partial charge on any atom is -0.382 e. The topological polar surface area (TPSA) is 80.0 Å². The van der Waals surface area contributed by atoms with E-state index in [9.17, 15) is 5.11 Å². The molecule has 0 radical (unpaired) electrons. The van der Waals surface area contributed by atoms with Gasteiger partial charge in [-0.1, -0.05) is 23.7 Å². The van der Waals surface area contributed by atoms with E-state index >= 15 is 0 Å². The average Bonchev–Trinajstić information content (AvgIpc) is 3.30. The van der Waals surface area contributed by atoms with Crippen LogP contribution in [-0.2, 0) is 12.6 Å². The van der Waals surface area contributed by atoms with Crippen LogP contribution in [0.2, 0.25) is 5.02 Å². The summed E-state index contributed by atoms with van der Waals surface area (Å²) in [4.78, 5) is 19.9. The van der Waals surface area contributed by atoms with Crippen molar-refractivity contribution < 1.29 is 5.11 Å². The SMILES string of the molecule is Cc1nccc(C2(O)CCN(c3cc(-c4nc5ccccc5n4C)c(Cl)cn3)C2)n1. The molecule has 0 saturated carbocycles. The van der Waals surface area contributed by atoms with Crippen LogP contribution >= 0.6 is 11.6 Å². The van der Waals surface area contributed by atoms with Crippen LogP contribution in [0.25, 0.3) is 22.4 Å². The second kappa shape index (κ2) is 7.04. The molecule has 8 heteroatoms. The second-order valence-corrected chi connectivity index (χ2v) is 8.10. The Morgan fingerprint density at radius 2 is 1.97 bits per heavy atom. The van der Waals surface area contributed by atoms with Crippen LogP contribution in [0.15, 0.2) is 48.8 Å². The molecule has 1 unspecified atom stereocenters. The number of rotatable bonds is 3. The van der Waals surface area contributed by atoms with Crippen molar-refractivity contribution in [2.75, 3.05) is 18.0 Å². The number of halogens is 1. The van der Waals surface area contributed by atoms with Gasteiger partial charge in [-0.2, -0.15) is 0 Å².